The van der Waals surface area contributed by atoms with Gasteiger partial charge < -0.3 is 20.1 Å². The molecule has 0 unspecified atom stereocenters. The minimum absolute atomic E-state index is 0.120. The number of benzene rings is 2. The summed E-state index contributed by atoms with van der Waals surface area (Å²) in [6, 6.07) is 23.6. The van der Waals surface area contributed by atoms with Gasteiger partial charge in [0.25, 0.3) is 0 Å². The van der Waals surface area contributed by atoms with Crippen LogP contribution in [0.2, 0.25) is 0 Å². The molecular formula is C30H31N5OS. The molecule has 6 nitrogen and oxygen atoms in total. The highest BCUT2D eigenvalue weighted by Gasteiger charge is 2.42. The molecule has 3 heterocycles. The number of thiocarbonyl (C=S) groups is 1. The van der Waals surface area contributed by atoms with Crippen LogP contribution in [0.3, 0.4) is 0 Å². The summed E-state index contributed by atoms with van der Waals surface area (Å²) < 4.78 is 2.30. The van der Waals surface area contributed by atoms with Gasteiger partial charge in [-0.15, -0.1) is 0 Å². The number of amides is 1. The number of rotatable bonds is 6. The average Bonchev–Trinajstić information content (AvgIpc) is 3.36. The maximum atomic E-state index is 13.1. The van der Waals surface area contributed by atoms with Gasteiger partial charge in [-0.25, -0.2) is 0 Å². The first-order valence-corrected chi connectivity index (χ1v) is 12.8. The van der Waals surface area contributed by atoms with Crippen molar-refractivity contribution in [3.8, 4) is 5.69 Å². The zero-order chi connectivity index (χ0) is 26.1. The lowest BCUT2D eigenvalue weighted by molar-refractivity contribution is -0.116. The molecule has 7 heteroatoms. The molecule has 1 aliphatic rings. The van der Waals surface area contributed by atoms with E-state index in [-0.39, 0.29) is 24.5 Å². The van der Waals surface area contributed by atoms with E-state index in [1.54, 1.807) is 6.20 Å². The van der Waals surface area contributed by atoms with Crippen LogP contribution in [0.4, 0.5) is 5.69 Å². The van der Waals surface area contributed by atoms with E-state index in [1.807, 2.05) is 53.4 Å². The molecule has 188 valence electrons. The number of carbonyl (C=O) groups excluding carboxylic acids is 1. The van der Waals surface area contributed by atoms with E-state index in [1.165, 1.54) is 11.1 Å². The highest BCUT2D eigenvalue weighted by molar-refractivity contribution is 7.80. The fourth-order valence-corrected chi connectivity index (χ4v) is 5.53. The molecular weight excluding hydrogens is 478 g/mol. The summed E-state index contributed by atoms with van der Waals surface area (Å²) in [4.78, 5) is 19.8. The second kappa shape index (κ2) is 10.2. The molecule has 2 N–H and O–H groups in total. The molecule has 1 amide bonds. The van der Waals surface area contributed by atoms with Crippen molar-refractivity contribution >= 4 is 28.9 Å². The quantitative estimate of drug-likeness (QED) is 0.326. The standard InChI is InChI=1S/C30H31N5OS/c1-19-11-10-15-26(21(19)3)35-20(2)17-24(22(35)4)29-28(25-14-8-9-16-31-25)33-30(37)34(29)18-27(36)32-23-12-6-5-7-13-23/h5-17,28-29H,18H2,1-4H3,(H,32,36)(H,33,37)/t28-,29+/m0/s1. The number of pyridine rings is 1. The Bertz CT molecular complexity index is 1450. The number of para-hydroxylation sites is 1. The molecule has 0 radical (unpaired) electrons. The van der Waals surface area contributed by atoms with Gasteiger partial charge in [0.15, 0.2) is 5.11 Å². The Balaban J connectivity index is 1.56. The van der Waals surface area contributed by atoms with Crippen LogP contribution in [0.25, 0.3) is 5.69 Å². The molecule has 4 aromatic rings. The first-order valence-electron chi connectivity index (χ1n) is 12.4. The molecule has 0 spiro atoms. The number of hydrogen-bond acceptors (Lipinski definition) is 3. The summed E-state index contributed by atoms with van der Waals surface area (Å²) in [6.07, 6.45) is 1.79. The van der Waals surface area contributed by atoms with Gasteiger partial charge in [0.2, 0.25) is 5.91 Å². The highest BCUT2D eigenvalue weighted by atomic mass is 32.1. The van der Waals surface area contributed by atoms with Crippen molar-refractivity contribution in [1.82, 2.24) is 19.8 Å². The zero-order valence-corrected chi connectivity index (χ0v) is 22.3. The van der Waals surface area contributed by atoms with Crippen LogP contribution in [-0.2, 0) is 4.79 Å². The first-order chi connectivity index (χ1) is 17.8. The van der Waals surface area contributed by atoms with Crippen molar-refractivity contribution in [1.29, 1.82) is 0 Å². The Labute approximate surface area is 223 Å². The molecule has 2 aromatic carbocycles. The van der Waals surface area contributed by atoms with E-state index in [0.29, 0.717) is 5.11 Å². The number of carbonyl (C=O) groups is 1. The van der Waals surface area contributed by atoms with Crippen molar-refractivity contribution < 1.29 is 4.79 Å². The lowest BCUT2D eigenvalue weighted by Gasteiger charge is -2.27. The van der Waals surface area contributed by atoms with Crippen molar-refractivity contribution in [2.75, 3.05) is 11.9 Å². The lowest BCUT2D eigenvalue weighted by Crippen LogP contribution is -2.37. The topological polar surface area (TPSA) is 62.2 Å². The fraction of sp³-hybridized carbons (Fsp3) is 0.233. The van der Waals surface area contributed by atoms with Gasteiger partial charge in [-0.1, -0.05) is 36.4 Å². The van der Waals surface area contributed by atoms with E-state index < -0.39 is 0 Å². The second-order valence-corrected chi connectivity index (χ2v) is 9.94. The lowest BCUT2D eigenvalue weighted by atomic mass is 9.96. The van der Waals surface area contributed by atoms with Gasteiger partial charge >= 0.3 is 0 Å². The number of anilines is 1. The predicted molar refractivity (Wildman–Crippen MR) is 152 cm³/mol. The number of aryl methyl sites for hydroxylation is 2. The first kappa shape index (κ1) is 24.7. The third-order valence-corrected chi connectivity index (χ3v) is 7.53. The van der Waals surface area contributed by atoms with Crippen molar-refractivity contribution in [2.45, 2.75) is 39.8 Å². The molecule has 0 bridgehead atoms. The van der Waals surface area contributed by atoms with Gasteiger partial charge in [-0.3, -0.25) is 9.78 Å². The molecule has 0 saturated carbocycles. The van der Waals surface area contributed by atoms with Gasteiger partial charge in [0.1, 0.15) is 6.54 Å². The van der Waals surface area contributed by atoms with Crippen molar-refractivity contribution in [3.63, 3.8) is 0 Å². The molecule has 1 aliphatic heterocycles. The number of nitrogens with one attached hydrogen (secondary N) is 2. The van der Waals surface area contributed by atoms with Gasteiger partial charge in [0, 0.05) is 29.0 Å². The monoisotopic (exact) mass is 509 g/mol. The van der Waals surface area contributed by atoms with E-state index >= 15 is 0 Å². The average molecular weight is 510 g/mol. The molecule has 37 heavy (non-hydrogen) atoms. The Morgan fingerprint density at radius 2 is 1.76 bits per heavy atom. The molecule has 0 aliphatic carbocycles. The van der Waals surface area contributed by atoms with E-state index in [2.05, 4.69) is 72.1 Å². The summed E-state index contributed by atoms with van der Waals surface area (Å²) in [6.45, 7) is 8.69. The molecule has 2 aromatic heterocycles. The van der Waals surface area contributed by atoms with Crippen LogP contribution in [-0.4, -0.2) is 32.0 Å². The summed E-state index contributed by atoms with van der Waals surface area (Å²) in [5.41, 5.74) is 8.68. The molecule has 1 fully saturated rings. The van der Waals surface area contributed by atoms with E-state index in [9.17, 15) is 4.79 Å². The minimum atomic E-state index is -0.200. The minimum Gasteiger partial charge on any atom is -0.352 e. The molecule has 5 rings (SSSR count). The smallest absolute Gasteiger partial charge is 0.244 e. The third kappa shape index (κ3) is 4.74. The van der Waals surface area contributed by atoms with Crippen LogP contribution in [0, 0.1) is 27.7 Å². The highest BCUT2D eigenvalue weighted by Crippen LogP contribution is 2.41. The SMILES string of the molecule is Cc1cccc(-n2c(C)cc([C@@H]3[C@H](c4ccccn4)NC(=S)N3CC(=O)Nc3ccccc3)c2C)c1C. The Morgan fingerprint density at radius 3 is 2.49 bits per heavy atom. The third-order valence-electron chi connectivity index (χ3n) is 7.18. The normalized spacial score (nSPS) is 17.1. The predicted octanol–water partition coefficient (Wildman–Crippen LogP) is 5.72. The zero-order valence-electron chi connectivity index (χ0n) is 21.5. The Morgan fingerprint density at radius 1 is 1.00 bits per heavy atom. The van der Waals surface area contributed by atoms with Gasteiger partial charge in [-0.05, 0) is 93.0 Å². The van der Waals surface area contributed by atoms with Crippen molar-refractivity contribution in [2.24, 2.45) is 0 Å². The molecule has 2 atom stereocenters. The maximum Gasteiger partial charge on any atom is 0.244 e. The fourth-order valence-electron chi connectivity index (χ4n) is 5.23. The summed E-state index contributed by atoms with van der Waals surface area (Å²) in [5.74, 6) is -0.120. The van der Waals surface area contributed by atoms with Gasteiger partial charge in [-0.2, -0.15) is 0 Å². The van der Waals surface area contributed by atoms with Crippen molar-refractivity contribution in [3.05, 3.63) is 113 Å². The van der Waals surface area contributed by atoms with Crippen LogP contribution in [0.5, 0.6) is 0 Å². The van der Waals surface area contributed by atoms with Crippen LogP contribution >= 0.6 is 12.2 Å². The van der Waals surface area contributed by atoms with Crippen LogP contribution in [0.1, 0.15) is 45.9 Å². The summed E-state index contributed by atoms with van der Waals surface area (Å²) in [7, 11) is 0. The second-order valence-electron chi connectivity index (χ2n) is 9.55. The largest absolute Gasteiger partial charge is 0.352 e. The van der Waals surface area contributed by atoms with Gasteiger partial charge in [0.05, 0.1) is 17.8 Å². The number of aromatic nitrogens is 2. The van der Waals surface area contributed by atoms with E-state index in [4.69, 9.17) is 12.2 Å². The maximum absolute atomic E-state index is 13.1. The number of hydrogen-bond donors (Lipinski definition) is 2. The van der Waals surface area contributed by atoms with E-state index in [0.717, 1.165) is 34.0 Å². The van der Waals surface area contributed by atoms with Crippen LogP contribution in [0.15, 0.2) is 79.0 Å². The van der Waals surface area contributed by atoms with Crippen LogP contribution < -0.4 is 10.6 Å². The molecule has 1 saturated heterocycles. The Kier molecular flexibility index (Phi) is 6.80. The summed E-state index contributed by atoms with van der Waals surface area (Å²) in [5, 5.41) is 7.00. The number of nitrogens with zero attached hydrogens (tertiary/aromatic N) is 3. The summed E-state index contributed by atoms with van der Waals surface area (Å²) >= 11 is 5.79. The Hall–Kier alpha value is -3.97.